The molecule has 0 fully saturated rings. The molecular weight excluding hydrogens is 440 g/mol. The van der Waals surface area contributed by atoms with Gasteiger partial charge < -0.3 is 5.32 Å². The van der Waals surface area contributed by atoms with Crippen LogP contribution in [0.15, 0.2) is 70.5 Å². The van der Waals surface area contributed by atoms with E-state index < -0.39 is 21.2 Å². The van der Waals surface area contributed by atoms with Gasteiger partial charge in [-0.15, -0.1) is 23.5 Å². The van der Waals surface area contributed by atoms with Crippen molar-refractivity contribution < 1.29 is 18.0 Å². The van der Waals surface area contributed by atoms with Crippen molar-refractivity contribution >= 4 is 45.4 Å². The minimum atomic E-state index is -3.75. The van der Waals surface area contributed by atoms with Gasteiger partial charge in [0.25, 0.3) is 0 Å². The first-order valence-corrected chi connectivity index (χ1v) is 12.9. The summed E-state index contributed by atoms with van der Waals surface area (Å²) in [7, 11) is -3.75. The van der Waals surface area contributed by atoms with Gasteiger partial charge in [0.2, 0.25) is 21.8 Å². The second-order valence-corrected chi connectivity index (χ2v) is 11.2. The van der Waals surface area contributed by atoms with Crippen LogP contribution >= 0.6 is 23.5 Å². The Labute approximate surface area is 186 Å². The quantitative estimate of drug-likeness (QED) is 0.390. The summed E-state index contributed by atoms with van der Waals surface area (Å²) >= 11 is 2.73. The smallest absolute Gasteiger partial charge is 0.246 e. The highest BCUT2D eigenvalue weighted by atomic mass is 32.2. The molecule has 0 aliphatic heterocycles. The first kappa shape index (κ1) is 24.3. The highest BCUT2D eigenvalue weighted by Gasteiger charge is 2.21. The Morgan fingerprint density at radius 2 is 1.30 bits per heavy atom. The van der Waals surface area contributed by atoms with E-state index in [2.05, 4.69) is 10.0 Å². The third kappa shape index (κ3) is 8.81. The predicted molar refractivity (Wildman–Crippen MR) is 123 cm³/mol. The number of thioether (sulfide) groups is 2. The van der Waals surface area contributed by atoms with Crippen LogP contribution in [0.1, 0.15) is 20.3 Å². The van der Waals surface area contributed by atoms with Gasteiger partial charge in [0.15, 0.2) is 0 Å². The van der Waals surface area contributed by atoms with Crippen LogP contribution in [0.5, 0.6) is 0 Å². The fraction of sp³-hybridized carbons (Fsp3) is 0.333. The maximum Gasteiger partial charge on any atom is 0.246 e. The molecular formula is C21H26N2O4S3. The Kier molecular flexibility index (Phi) is 9.74. The van der Waals surface area contributed by atoms with E-state index >= 15 is 0 Å². The summed E-state index contributed by atoms with van der Waals surface area (Å²) in [6, 6.07) is 18.9. The van der Waals surface area contributed by atoms with Crippen LogP contribution in [0.25, 0.3) is 0 Å². The molecule has 9 heteroatoms. The van der Waals surface area contributed by atoms with Gasteiger partial charge in [-0.2, -0.15) is 0 Å². The lowest BCUT2D eigenvalue weighted by molar-refractivity contribution is -0.120. The van der Waals surface area contributed by atoms with E-state index in [0.29, 0.717) is 0 Å². The van der Waals surface area contributed by atoms with E-state index in [0.717, 1.165) is 9.79 Å². The van der Waals surface area contributed by atoms with Gasteiger partial charge in [0.05, 0.1) is 16.3 Å². The third-order valence-corrected chi connectivity index (χ3v) is 7.56. The van der Waals surface area contributed by atoms with Crippen molar-refractivity contribution in [1.29, 1.82) is 0 Å². The molecule has 0 saturated heterocycles. The minimum Gasteiger partial charge on any atom is -0.355 e. The molecule has 0 radical (unpaired) electrons. The summed E-state index contributed by atoms with van der Waals surface area (Å²) in [6.07, 6.45) is 0.220. The summed E-state index contributed by atoms with van der Waals surface area (Å²) in [6.45, 7) is 3.69. The van der Waals surface area contributed by atoms with Crippen molar-refractivity contribution in [2.75, 3.05) is 12.3 Å². The molecule has 2 rings (SSSR count). The first-order chi connectivity index (χ1) is 14.3. The molecule has 162 valence electrons. The standard InChI is InChI=1S/C21H26N2O4S3/c1-16(28-18-10-5-3-6-11-18)20(24)22-14-9-15-30(26,27)23-21(25)17(2)29-19-12-7-4-8-13-19/h3-8,10-13,16-17H,9,14-15H2,1-2H3,(H,22,24)(H,23,25)/t16-,17-/m1/s1. The first-order valence-electron chi connectivity index (χ1n) is 9.52. The monoisotopic (exact) mass is 466 g/mol. The van der Waals surface area contributed by atoms with Crippen LogP contribution in [0.2, 0.25) is 0 Å². The SMILES string of the molecule is C[C@@H](Sc1ccccc1)C(=O)NCCCS(=O)(=O)NC(=O)[C@@H](C)Sc1ccccc1. The van der Waals surface area contributed by atoms with Crippen LogP contribution in [0.3, 0.4) is 0 Å². The maximum atomic E-state index is 12.2. The molecule has 0 bridgehead atoms. The average molecular weight is 467 g/mol. The van der Waals surface area contributed by atoms with E-state index in [1.165, 1.54) is 23.5 Å². The highest BCUT2D eigenvalue weighted by Crippen LogP contribution is 2.23. The zero-order valence-electron chi connectivity index (χ0n) is 16.9. The van der Waals surface area contributed by atoms with Crippen molar-refractivity contribution in [2.45, 2.75) is 40.6 Å². The Balaban J connectivity index is 1.70. The molecule has 6 nitrogen and oxygen atoms in total. The summed E-state index contributed by atoms with van der Waals surface area (Å²) < 4.78 is 26.4. The molecule has 0 aliphatic rings. The van der Waals surface area contributed by atoms with Gasteiger partial charge in [-0.05, 0) is 44.5 Å². The van der Waals surface area contributed by atoms with Crippen molar-refractivity contribution in [1.82, 2.24) is 10.0 Å². The van der Waals surface area contributed by atoms with E-state index in [4.69, 9.17) is 0 Å². The van der Waals surface area contributed by atoms with Crippen LogP contribution in [0.4, 0.5) is 0 Å². The molecule has 30 heavy (non-hydrogen) atoms. The Bertz CT molecular complexity index is 922. The number of nitrogens with one attached hydrogen (secondary N) is 2. The molecule has 2 aromatic carbocycles. The lowest BCUT2D eigenvalue weighted by atomic mass is 10.4. The Morgan fingerprint density at radius 3 is 1.80 bits per heavy atom. The highest BCUT2D eigenvalue weighted by molar-refractivity contribution is 8.01. The number of carbonyl (C=O) groups is 2. The molecule has 2 atom stereocenters. The molecule has 2 N–H and O–H groups in total. The lowest BCUT2D eigenvalue weighted by Gasteiger charge is -2.13. The second-order valence-electron chi connectivity index (χ2n) is 6.58. The number of benzene rings is 2. The number of hydrogen-bond acceptors (Lipinski definition) is 6. The van der Waals surface area contributed by atoms with Crippen molar-refractivity contribution in [2.24, 2.45) is 0 Å². The average Bonchev–Trinajstić information content (AvgIpc) is 2.72. The number of amides is 2. The molecule has 2 amide bonds. The minimum absolute atomic E-state index is 0.154. The zero-order chi connectivity index (χ0) is 22.0. The van der Waals surface area contributed by atoms with Gasteiger partial charge in [-0.25, -0.2) is 8.42 Å². The predicted octanol–water partition coefficient (Wildman–Crippen LogP) is 3.30. The largest absolute Gasteiger partial charge is 0.355 e. The van der Waals surface area contributed by atoms with Crippen LogP contribution in [-0.2, 0) is 19.6 Å². The molecule has 0 unspecified atom stereocenters. The normalized spacial score (nSPS) is 13.3. The zero-order valence-corrected chi connectivity index (χ0v) is 19.4. The Morgan fingerprint density at radius 1 is 0.833 bits per heavy atom. The van der Waals surface area contributed by atoms with E-state index in [1.807, 2.05) is 60.7 Å². The number of sulfonamides is 1. The topological polar surface area (TPSA) is 92.3 Å². The van der Waals surface area contributed by atoms with E-state index in [1.54, 1.807) is 13.8 Å². The molecule has 0 heterocycles. The van der Waals surface area contributed by atoms with Crippen LogP contribution in [0, 0.1) is 0 Å². The summed E-state index contributed by atoms with van der Waals surface area (Å²) in [5.41, 5.74) is 0. The Hall–Kier alpha value is -1.97. The van der Waals surface area contributed by atoms with Gasteiger partial charge >= 0.3 is 0 Å². The van der Waals surface area contributed by atoms with E-state index in [-0.39, 0.29) is 29.9 Å². The van der Waals surface area contributed by atoms with Gasteiger partial charge in [0.1, 0.15) is 0 Å². The maximum absolute atomic E-state index is 12.2. The van der Waals surface area contributed by atoms with Crippen LogP contribution in [-0.4, -0.2) is 43.0 Å². The van der Waals surface area contributed by atoms with Crippen molar-refractivity contribution in [3.05, 3.63) is 60.7 Å². The van der Waals surface area contributed by atoms with Gasteiger partial charge in [0, 0.05) is 16.3 Å². The van der Waals surface area contributed by atoms with Gasteiger partial charge in [-0.3, -0.25) is 14.3 Å². The molecule has 0 aromatic heterocycles. The second kappa shape index (κ2) is 12.0. The van der Waals surface area contributed by atoms with Crippen LogP contribution < -0.4 is 10.0 Å². The van der Waals surface area contributed by atoms with Crippen molar-refractivity contribution in [3.8, 4) is 0 Å². The summed E-state index contributed by atoms with van der Waals surface area (Å²) in [5.74, 6) is -0.943. The van der Waals surface area contributed by atoms with E-state index in [9.17, 15) is 18.0 Å². The molecule has 0 spiro atoms. The fourth-order valence-corrected chi connectivity index (χ4v) is 5.40. The summed E-state index contributed by atoms with van der Waals surface area (Å²) in [4.78, 5) is 26.2. The van der Waals surface area contributed by atoms with Crippen molar-refractivity contribution in [3.63, 3.8) is 0 Å². The fourth-order valence-electron chi connectivity index (χ4n) is 2.42. The summed E-state index contributed by atoms with van der Waals surface area (Å²) in [5, 5.41) is 1.91. The number of rotatable bonds is 11. The van der Waals surface area contributed by atoms with Gasteiger partial charge in [-0.1, -0.05) is 36.4 Å². The molecule has 0 saturated carbocycles. The molecule has 0 aliphatic carbocycles. The molecule has 2 aromatic rings. The third-order valence-electron chi connectivity index (χ3n) is 4.00. The lowest BCUT2D eigenvalue weighted by Crippen LogP contribution is -2.38. The number of hydrogen-bond donors (Lipinski definition) is 2. The number of carbonyl (C=O) groups excluding carboxylic acids is 2.